The molecule has 9 rings (SSSR count). The maximum absolute atomic E-state index is 2.50. The summed E-state index contributed by atoms with van der Waals surface area (Å²) in [6.45, 7) is 9.00. The Hall–Kier alpha value is -6.06. The molecule has 7 aromatic carbocycles. The molecule has 51 heavy (non-hydrogen) atoms. The maximum Gasteiger partial charge on any atom is 0.0622 e. The highest BCUT2D eigenvalue weighted by Crippen LogP contribution is 2.49. The molecule has 9 aromatic rings. The summed E-state index contributed by atoms with van der Waals surface area (Å²) in [6.07, 6.45) is 0. The minimum atomic E-state index is 0.476. The van der Waals surface area contributed by atoms with Gasteiger partial charge in [0.1, 0.15) is 0 Å². The van der Waals surface area contributed by atoms with E-state index in [-0.39, 0.29) is 0 Å². The van der Waals surface area contributed by atoms with Crippen LogP contribution in [0.2, 0.25) is 0 Å². The highest BCUT2D eigenvalue weighted by molar-refractivity contribution is 6.28. The number of para-hydroxylation sites is 3. The van der Waals surface area contributed by atoms with Crippen LogP contribution < -0.4 is 9.80 Å². The number of hydrogen-bond donors (Lipinski definition) is 0. The second kappa shape index (κ2) is 12.4. The van der Waals surface area contributed by atoms with Crippen LogP contribution in [-0.4, -0.2) is 4.40 Å². The van der Waals surface area contributed by atoms with E-state index in [9.17, 15) is 0 Å². The van der Waals surface area contributed by atoms with E-state index in [0.717, 1.165) is 22.7 Å². The monoisotopic (exact) mass is 659 g/mol. The number of hydrogen-bond acceptors (Lipinski definition) is 2. The summed E-state index contributed by atoms with van der Waals surface area (Å²) in [4.78, 5) is 4.83. The Morgan fingerprint density at radius 3 is 1.14 bits per heavy atom. The van der Waals surface area contributed by atoms with Crippen molar-refractivity contribution in [1.29, 1.82) is 0 Å². The zero-order valence-electron chi connectivity index (χ0n) is 29.6. The number of rotatable bonds is 8. The molecule has 0 spiro atoms. The number of benzene rings is 7. The van der Waals surface area contributed by atoms with E-state index in [1.807, 2.05) is 0 Å². The van der Waals surface area contributed by atoms with Gasteiger partial charge < -0.3 is 14.2 Å². The molecule has 0 atom stereocenters. The summed E-state index contributed by atoms with van der Waals surface area (Å²) in [5.41, 5.74) is 13.3. The first-order valence-electron chi connectivity index (χ1n) is 18.1. The molecule has 0 bridgehead atoms. The fourth-order valence-electron chi connectivity index (χ4n) is 7.94. The lowest BCUT2D eigenvalue weighted by molar-refractivity contribution is 0.866. The smallest absolute Gasteiger partial charge is 0.0622 e. The molecule has 0 saturated carbocycles. The molecule has 0 unspecified atom stereocenters. The Morgan fingerprint density at radius 2 is 0.745 bits per heavy atom. The van der Waals surface area contributed by atoms with Gasteiger partial charge in [-0.25, -0.2) is 0 Å². The Bertz CT molecular complexity index is 2440. The van der Waals surface area contributed by atoms with Crippen molar-refractivity contribution in [3.8, 4) is 0 Å². The van der Waals surface area contributed by atoms with Crippen LogP contribution in [0.1, 0.15) is 50.7 Å². The summed E-state index contributed by atoms with van der Waals surface area (Å²) in [6, 6.07) is 60.1. The van der Waals surface area contributed by atoms with Crippen LogP contribution in [0.3, 0.4) is 0 Å². The third kappa shape index (κ3) is 5.03. The van der Waals surface area contributed by atoms with E-state index in [2.05, 4.69) is 206 Å². The van der Waals surface area contributed by atoms with Gasteiger partial charge in [-0.15, -0.1) is 0 Å². The summed E-state index contributed by atoms with van der Waals surface area (Å²) >= 11 is 0. The van der Waals surface area contributed by atoms with Crippen LogP contribution in [0.5, 0.6) is 0 Å². The normalized spacial score (nSPS) is 11.9. The van der Waals surface area contributed by atoms with E-state index in [1.165, 1.54) is 60.6 Å². The predicted octanol–water partition coefficient (Wildman–Crippen LogP) is 14.0. The minimum absolute atomic E-state index is 0.476. The van der Waals surface area contributed by atoms with Crippen molar-refractivity contribution in [2.75, 3.05) is 9.80 Å². The highest BCUT2D eigenvalue weighted by atomic mass is 15.2. The SMILES string of the molecule is CC(C)c1ccc(N(c2ccccc2)c2cccc3c2c2cccc4c5c(N(c6ccccc6)c6ccc(C(C)C)cc6)cccc5n3c24)cc1. The van der Waals surface area contributed by atoms with E-state index >= 15 is 0 Å². The van der Waals surface area contributed by atoms with Gasteiger partial charge in [-0.05, 0) is 95.8 Å². The maximum atomic E-state index is 2.50. The summed E-state index contributed by atoms with van der Waals surface area (Å²) in [5.74, 6) is 0.952. The standard InChI is InChI=1S/C48H41N3/c1-32(2)34-24-28-38(29-25-34)49(36-14-7-5-8-15-36)42-20-12-22-44-46(42)40-18-11-19-41-47-43(21-13-23-45(47)51(44)48(40)41)50(37-16-9-6-10-17-37)39-30-26-35(27-31-39)33(3)4/h5-33H,1-4H3. The van der Waals surface area contributed by atoms with Crippen molar-refractivity contribution >= 4 is 72.2 Å². The molecule has 0 aliphatic rings. The van der Waals surface area contributed by atoms with Crippen LogP contribution in [0.4, 0.5) is 34.1 Å². The fraction of sp³-hybridized carbons (Fsp3) is 0.125. The highest BCUT2D eigenvalue weighted by Gasteiger charge is 2.25. The lowest BCUT2D eigenvalue weighted by Gasteiger charge is -2.27. The van der Waals surface area contributed by atoms with Gasteiger partial charge in [-0.2, -0.15) is 0 Å². The third-order valence-electron chi connectivity index (χ3n) is 10.5. The Labute approximate surface area is 300 Å². The van der Waals surface area contributed by atoms with Crippen LogP contribution in [0, 0.1) is 0 Å². The second-order valence-corrected chi connectivity index (χ2v) is 14.2. The summed E-state index contributed by atoms with van der Waals surface area (Å²) in [7, 11) is 0. The molecule has 0 amide bonds. The van der Waals surface area contributed by atoms with Gasteiger partial charge in [-0.3, -0.25) is 0 Å². The molecule has 0 saturated heterocycles. The Morgan fingerprint density at radius 1 is 0.373 bits per heavy atom. The quantitative estimate of drug-likeness (QED) is 0.161. The predicted molar refractivity (Wildman–Crippen MR) is 219 cm³/mol. The lowest BCUT2D eigenvalue weighted by atomic mass is 10.0. The Balaban J connectivity index is 1.31. The number of fused-ring (bicyclic) bond motifs is 6. The van der Waals surface area contributed by atoms with Gasteiger partial charge in [0.05, 0.1) is 27.9 Å². The minimum Gasteiger partial charge on any atom is -0.310 e. The van der Waals surface area contributed by atoms with Gasteiger partial charge in [0.25, 0.3) is 0 Å². The molecule has 0 radical (unpaired) electrons. The van der Waals surface area contributed by atoms with Crippen molar-refractivity contribution in [3.05, 3.63) is 175 Å². The molecular formula is C48H41N3. The molecule has 2 heterocycles. The van der Waals surface area contributed by atoms with Gasteiger partial charge in [0.2, 0.25) is 0 Å². The van der Waals surface area contributed by atoms with Crippen molar-refractivity contribution in [2.45, 2.75) is 39.5 Å². The van der Waals surface area contributed by atoms with Crippen LogP contribution in [0.25, 0.3) is 38.1 Å². The molecule has 3 nitrogen and oxygen atoms in total. The van der Waals surface area contributed by atoms with Crippen molar-refractivity contribution in [1.82, 2.24) is 4.40 Å². The number of aromatic nitrogens is 1. The van der Waals surface area contributed by atoms with Crippen molar-refractivity contribution < 1.29 is 0 Å². The number of anilines is 6. The van der Waals surface area contributed by atoms with Crippen LogP contribution in [0.15, 0.2) is 164 Å². The van der Waals surface area contributed by atoms with E-state index < -0.39 is 0 Å². The average molecular weight is 660 g/mol. The molecule has 0 fully saturated rings. The van der Waals surface area contributed by atoms with E-state index in [0.29, 0.717) is 11.8 Å². The fourth-order valence-corrected chi connectivity index (χ4v) is 7.94. The van der Waals surface area contributed by atoms with Crippen molar-refractivity contribution in [2.24, 2.45) is 0 Å². The van der Waals surface area contributed by atoms with Crippen molar-refractivity contribution in [3.63, 3.8) is 0 Å². The van der Waals surface area contributed by atoms with Gasteiger partial charge in [0, 0.05) is 44.3 Å². The van der Waals surface area contributed by atoms with Gasteiger partial charge >= 0.3 is 0 Å². The topological polar surface area (TPSA) is 10.9 Å². The zero-order chi connectivity index (χ0) is 34.6. The van der Waals surface area contributed by atoms with E-state index in [4.69, 9.17) is 0 Å². The molecule has 248 valence electrons. The molecule has 0 aliphatic heterocycles. The van der Waals surface area contributed by atoms with Gasteiger partial charge in [0.15, 0.2) is 0 Å². The average Bonchev–Trinajstić information content (AvgIpc) is 3.70. The lowest BCUT2D eigenvalue weighted by Crippen LogP contribution is -2.10. The molecular weight excluding hydrogens is 619 g/mol. The van der Waals surface area contributed by atoms with Crippen LogP contribution in [-0.2, 0) is 0 Å². The molecule has 0 aliphatic carbocycles. The molecule has 3 heteroatoms. The third-order valence-corrected chi connectivity index (χ3v) is 10.5. The summed E-state index contributed by atoms with van der Waals surface area (Å²) < 4.78 is 2.50. The Kier molecular flexibility index (Phi) is 7.51. The largest absolute Gasteiger partial charge is 0.310 e. The zero-order valence-corrected chi connectivity index (χ0v) is 29.6. The van der Waals surface area contributed by atoms with Gasteiger partial charge in [-0.1, -0.05) is 119 Å². The summed E-state index contributed by atoms with van der Waals surface area (Å²) in [5, 5.41) is 5.03. The number of nitrogens with zero attached hydrogens (tertiary/aromatic N) is 3. The molecule has 2 aromatic heterocycles. The first-order valence-corrected chi connectivity index (χ1v) is 18.1. The first kappa shape index (κ1) is 31.0. The van der Waals surface area contributed by atoms with E-state index in [1.54, 1.807) is 0 Å². The second-order valence-electron chi connectivity index (χ2n) is 14.2. The first-order chi connectivity index (χ1) is 25.0. The van der Waals surface area contributed by atoms with Crippen LogP contribution >= 0.6 is 0 Å². The molecule has 0 N–H and O–H groups in total.